The van der Waals surface area contributed by atoms with Gasteiger partial charge in [0.15, 0.2) is 0 Å². The monoisotopic (exact) mass is 215 g/mol. The summed E-state index contributed by atoms with van der Waals surface area (Å²) in [6.07, 6.45) is 3.99. The van der Waals surface area contributed by atoms with Crippen LogP contribution in [0.25, 0.3) is 0 Å². The van der Waals surface area contributed by atoms with Gasteiger partial charge in [-0.25, -0.2) is 0 Å². The van der Waals surface area contributed by atoms with Gasteiger partial charge < -0.3 is 5.32 Å². The molecular weight excluding hydrogens is 190 g/mol. The largest absolute Gasteiger partial charge is 0.311 e. The first-order chi connectivity index (χ1) is 6.61. The van der Waals surface area contributed by atoms with Crippen LogP contribution >= 0.6 is 11.8 Å². The second-order valence-corrected chi connectivity index (χ2v) is 6.36. The van der Waals surface area contributed by atoms with E-state index in [1.807, 2.05) is 0 Å². The highest BCUT2D eigenvalue weighted by Gasteiger charge is 2.22. The Kier molecular flexibility index (Phi) is 5.32. The highest BCUT2D eigenvalue weighted by atomic mass is 32.2. The van der Waals surface area contributed by atoms with Gasteiger partial charge in [0.1, 0.15) is 0 Å². The minimum atomic E-state index is 0.695. The van der Waals surface area contributed by atoms with Gasteiger partial charge in [0.2, 0.25) is 0 Å². The summed E-state index contributed by atoms with van der Waals surface area (Å²) in [7, 11) is 0. The Balaban J connectivity index is 2.16. The third kappa shape index (κ3) is 4.22. The molecule has 0 aliphatic carbocycles. The number of rotatable bonds is 5. The molecule has 1 aliphatic rings. The molecule has 4 unspecified atom stereocenters. The molecule has 1 rings (SSSR count). The quantitative estimate of drug-likeness (QED) is 0.755. The Morgan fingerprint density at radius 3 is 2.64 bits per heavy atom. The fourth-order valence-electron chi connectivity index (χ4n) is 2.17. The lowest BCUT2D eigenvalue weighted by Gasteiger charge is -2.21. The summed E-state index contributed by atoms with van der Waals surface area (Å²) in [5.74, 6) is 2.18. The molecule has 1 fully saturated rings. The summed E-state index contributed by atoms with van der Waals surface area (Å²) in [6.45, 7) is 9.31. The van der Waals surface area contributed by atoms with E-state index in [1.54, 1.807) is 0 Å². The van der Waals surface area contributed by atoms with Gasteiger partial charge in [0.05, 0.1) is 0 Å². The predicted molar refractivity (Wildman–Crippen MR) is 67.0 cm³/mol. The number of thioether (sulfide) groups is 1. The highest BCUT2D eigenvalue weighted by Crippen LogP contribution is 2.26. The zero-order valence-corrected chi connectivity index (χ0v) is 10.9. The van der Waals surface area contributed by atoms with Crippen molar-refractivity contribution >= 4 is 11.8 Å². The van der Waals surface area contributed by atoms with Crippen LogP contribution in [-0.2, 0) is 0 Å². The molecule has 0 aromatic carbocycles. The van der Waals surface area contributed by atoms with E-state index < -0.39 is 0 Å². The van der Waals surface area contributed by atoms with Crippen molar-refractivity contribution in [1.82, 2.24) is 5.32 Å². The van der Waals surface area contributed by atoms with Crippen molar-refractivity contribution < 1.29 is 0 Å². The summed E-state index contributed by atoms with van der Waals surface area (Å²) >= 11 is 2.11. The van der Waals surface area contributed by atoms with Gasteiger partial charge in [-0.1, -0.05) is 27.2 Å². The fourth-order valence-corrected chi connectivity index (χ4v) is 3.34. The van der Waals surface area contributed by atoms with Crippen LogP contribution in [0.1, 0.15) is 47.0 Å². The van der Waals surface area contributed by atoms with Crippen molar-refractivity contribution in [3.05, 3.63) is 0 Å². The van der Waals surface area contributed by atoms with Crippen LogP contribution in [0.5, 0.6) is 0 Å². The van der Waals surface area contributed by atoms with E-state index in [2.05, 4.69) is 44.8 Å². The molecule has 1 heterocycles. The van der Waals surface area contributed by atoms with Crippen molar-refractivity contribution in [3.8, 4) is 0 Å². The van der Waals surface area contributed by atoms with Gasteiger partial charge in [0, 0.05) is 23.1 Å². The molecule has 0 radical (unpaired) electrons. The Hall–Kier alpha value is 0.310. The molecule has 1 nitrogen and oxygen atoms in total. The minimum absolute atomic E-state index is 0.695. The lowest BCUT2D eigenvalue weighted by atomic mass is 9.99. The molecule has 1 saturated heterocycles. The van der Waals surface area contributed by atoms with Crippen LogP contribution in [0.2, 0.25) is 0 Å². The molecule has 84 valence electrons. The predicted octanol–water partition coefficient (Wildman–Crippen LogP) is 3.29. The molecule has 0 amide bonds. The number of hydrogen-bond donors (Lipinski definition) is 1. The van der Waals surface area contributed by atoms with Gasteiger partial charge in [-0.3, -0.25) is 0 Å². The van der Waals surface area contributed by atoms with Crippen molar-refractivity contribution in [2.45, 2.75) is 64.3 Å². The maximum atomic E-state index is 3.75. The molecule has 0 aromatic rings. The average Bonchev–Trinajstić information content (AvgIpc) is 2.50. The summed E-state index contributed by atoms with van der Waals surface area (Å²) in [5, 5.41) is 4.62. The zero-order chi connectivity index (χ0) is 10.6. The van der Waals surface area contributed by atoms with Gasteiger partial charge in [-0.2, -0.15) is 11.8 Å². The van der Waals surface area contributed by atoms with Crippen LogP contribution in [0, 0.1) is 5.92 Å². The molecular formula is C12H25NS. The SMILES string of the molecule is CCC(C)CC(C)NC1CSC(C)C1. The first-order valence-corrected chi connectivity index (χ1v) is 7.04. The van der Waals surface area contributed by atoms with Crippen LogP contribution in [0.3, 0.4) is 0 Å². The Morgan fingerprint density at radius 1 is 1.43 bits per heavy atom. The topological polar surface area (TPSA) is 12.0 Å². The van der Waals surface area contributed by atoms with Crippen LogP contribution in [0.4, 0.5) is 0 Å². The van der Waals surface area contributed by atoms with E-state index in [1.165, 1.54) is 25.0 Å². The van der Waals surface area contributed by atoms with Crippen molar-refractivity contribution in [2.75, 3.05) is 5.75 Å². The van der Waals surface area contributed by atoms with E-state index in [4.69, 9.17) is 0 Å². The average molecular weight is 215 g/mol. The van der Waals surface area contributed by atoms with Crippen molar-refractivity contribution in [1.29, 1.82) is 0 Å². The van der Waals surface area contributed by atoms with E-state index >= 15 is 0 Å². The molecule has 0 saturated carbocycles. The smallest absolute Gasteiger partial charge is 0.0171 e. The van der Waals surface area contributed by atoms with Gasteiger partial charge >= 0.3 is 0 Å². The normalized spacial score (nSPS) is 31.7. The molecule has 1 aliphatic heterocycles. The summed E-state index contributed by atoms with van der Waals surface area (Å²) in [4.78, 5) is 0. The molecule has 1 N–H and O–H groups in total. The molecule has 0 spiro atoms. The van der Waals surface area contributed by atoms with Crippen LogP contribution in [0.15, 0.2) is 0 Å². The Morgan fingerprint density at radius 2 is 2.14 bits per heavy atom. The first kappa shape index (κ1) is 12.4. The molecule has 4 atom stereocenters. The molecule has 14 heavy (non-hydrogen) atoms. The maximum Gasteiger partial charge on any atom is 0.0171 e. The molecule has 0 aromatic heterocycles. The van der Waals surface area contributed by atoms with Gasteiger partial charge in [0.25, 0.3) is 0 Å². The molecule has 2 heteroatoms. The standard InChI is InChI=1S/C12H25NS/c1-5-9(2)6-10(3)13-12-7-11(4)14-8-12/h9-13H,5-8H2,1-4H3. The van der Waals surface area contributed by atoms with E-state index in [-0.39, 0.29) is 0 Å². The second kappa shape index (κ2) is 6.02. The fraction of sp³-hybridized carbons (Fsp3) is 1.00. The Bertz CT molecular complexity index is 160. The first-order valence-electron chi connectivity index (χ1n) is 5.99. The van der Waals surface area contributed by atoms with E-state index in [0.717, 1.165) is 17.2 Å². The van der Waals surface area contributed by atoms with E-state index in [0.29, 0.717) is 6.04 Å². The number of hydrogen-bond acceptors (Lipinski definition) is 2. The second-order valence-electron chi connectivity index (χ2n) is 4.89. The lowest BCUT2D eigenvalue weighted by molar-refractivity contribution is 0.380. The van der Waals surface area contributed by atoms with Gasteiger partial charge in [-0.05, 0) is 25.7 Å². The van der Waals surface area contributed by atoms with Crippen LogP contribution < -0.4 is 5.32 Å². The zero-order valence-electron chi connectivity index (χ0n) is 10.0. The lowest BCUT2D eigenvalue weighted by Crippen LogP contribution is -2.37. The van der Waals surface area contributed by atoms with Gasteiger partial charge in [-0.15, -0.1) is 0 Å². The van der Waals surface area contributed by atoms with Crippen molar-refractivity contribution in [3.63, 3.8) is 0 Å². The number of nitrogens with one attached hydrogen (secondary N) is 1. The Labute approximate surface area is 93.4 Å². The highest BCUT2D eigenvalue weighted by molar-refractivity contribution is 8.00. The maximum absolute atomic E-state index is 3.75. The summed E-state index contributed by atoms with van der Waals surface area (Å²) in [5.41, 5.74) is 0. The third-order valence-electron chi connectivity index (χ3n) is 3.17. The van der Waals surface area contributed by atoms with Crippen molar-refractivity contribution in [2.24, 2.45) is 5.92 Å². The molecule has 0 bridgehead atoms. The van der Waals surface area contributed by atoms with Crippen LogP contribution in [-0.4, -0.2) is 23.1 Å². The third-order valence-corrected chi connectivity index (χ3v) is 4.53. The summed E-state index contributed by atoms with van der Waals surface area (Å²) < 4.78 is 0. The summed E-state index contributed by atoms with van der Waals surface area (Å²) in [6, 6.07) is 1.47. The minimum Gasteiger partial charge on any atom is -0.311 e. The van der Waals surface area contributed by atoms with E-state index in [9.17, 15) is 0 Å².